The molecule has 4 heteroatoms. The van der Waals surface area contributed by atoms with E-state index in [2.05, 4.69) is 22.1 Å². The van der Waals surface area contributed by atoms with Crippen LogP contribution < -0.4 is 11.1 Å². The molecule has 18 heavy (non-hydrogen) atoms. The molecule has 1 atom stereocenters. The van der Waals surface area contributed by atoms with Crippen molar-refractivity contribution in [3.63, 3.8) is 0 Å². The molecule has 1 aromatic heterocycles. The van der Waals surface area contributed by atoms with E-state index in [4.69, 9.17) is 5.73 Å². The van der Waals surface area contributed by atoms with Crippen molar-refractivity contribution in [2.75, 3.05) is 0 Å². The fourth-order valence-electron chi connectivity index (χ4n) is 2.71. The van der Waals surface area contributed by atoms with Crippen LogP contribution >= 0.6 is 11.3 Å². The number of hydrogen-bond donors (Lipinski definition) is 2. The second kappa shape index (κ2) is 5.85. The molecule has 1 heterocycles. The van der Waals surface area contributed by atoms with Gasteiger partial charge in [-0.05, 0) is 48.6 Å². The van der Waals surface area contributed by atoms with E-state index < -0.39 is 0 Å². The Morgan fingerprint density at radius 3 is 2.89 bits per heavy atom. The summed E-state index contributed by atoms with van der Waals surface area (Å²) in [5.41, 5.74) is 7.26. The van der Waals surface area contributed by atoms with Crippen LogP contribution in [-0.4, -0.2) is 17.5 Å². The van der Waals surface area contributed by atoms with E-state index in [0.717, 1.165) is 32.1 Å². The number of thiophene rings is 1. The number of nitrogens with one attached hydrogen (secondary N) is 1. The molecule has 0 spiro atoms. The molecule has 1 amide bonds. The largest absolute Gasteiger partial charge is 0.353 e. The summed E-state index contributed by atoms with van der Waals surface area (Å²) in [5.74, 6) is 0.0992. The van der Waals surface area contributed by atoms with Crippen molar-refractivity contribution in [2.24, 2.45) is 5.73 Å². The van der Waals surface area contributed by atoms with Gasteiger partial charge in [0.2, 0.25) is 5.91 Å². The van der Waals surface area contributed by atoms with Crippen molar-refractivity contribution >= 4 is 17.2 Å². The van der Waals surface area contributed by atoms with Crippen LogP contribution in [0.4, 0.5) is 0 Å². The van der Waals surface area contributed by atoms with Crippen molar-refractivity contribution in [3.05, 3.63) is 22.4 Å². The maximum Gasteiger partial charge on any atom is 0.222 e. The normalized spacial score (nSPS) is 19.7. The minimum atomic E-state index is -0.244. The lowest BCUT2D eigenvalue weighted by Crippen LogP contribution is -2.44. The van der Waals surface area contributed by atoms with Gasteiger partial charge in [0.1, 0.15) is 0 Å². The van der Waals surface area contributed by atoms with Crippen molar-refractivity contribution in [3.8, 4) is 0 Å². The average molecular weight is 266 g/mol. The van der Waals surface area contributed by atoms with E-state index in [9.17, 15) is 4.79 Å². The first-order valence-corrected chi connectivity index (χ1v) is 7.61. The lowest BCUT2D eigenvalue weighted by atomic mass is 9.94. The lowest BCUT2D eigenvalue weighted by molar-refractivity contribution is -0.122. The van der Waals surface area contributed by atoms with Crippen LogP contribution in [0, 0.1) is 0 Å². The number of carbonyl (C=O) groups excluding carboxylic acids is 1. The number of amides is 1. The SMILES string of the molecule is CC(Cc1ccsc1)NC(=O)CC1(N)CCCC1. The number of carbonyl (C=O) groups is 1. The summed E-state index contributed by atoms with van der Waals surface area (Å²) < 4.78 is 0. The van der Waals surface area contributed by atoms with Crippen molar-refractivity contribution in [1.82, 2.24) is 5.32 Å². The van der Waals surface area contributed by atoms with E-state index in [0.29, 0.717) is 6.42 Å². The fourth-order valence-corrected chi connectivity index (χ4v) is 3.40. The maximum atomic E-state index is 12.0. The number of hydrogen-bond acceptors (Lipinski definition) is 3. The van der Waals surface area contributed by atoms with E-state index >= 15 is 0 Å². The summed E-state index contributed by atoms with van der Waals surface area (Å²) in [7, 11) is 0. The van der Waals surface area contributed by atoms with Gasteiger partial charge in [0.25, 0.3) is 0 Å². The molecular weight excluding hydrogens is 244 g/mol. The number of rotatable bonds is 5. The van der Waals surface area contributed by atoms with E-state index in [-0.39, 0.29) is 17.5 Å². The highest BCUT2D eigenvalue weighted by Crippen LogP contribution is 2.29. The molecule has 1 aliphatic rings. The Balaban J connectivity index is 1.76. The molecular formula is C14H22N2OS. The minimum Gasteiger partial charge on any atom is -0.353 e. The van der Waals surface area contributed by atoms with Crippen LogP contribution in [0.15, 0.2) is 16.8 Å². The molecule has 0 bridgehead atoms. The lowest BCUT2D eigenvalue weighted by Gasteiger charge is -2.24. The third kappa shape index (κ3) is 3.82. The molecule has 0 saturated heterocycles. The Kier molecular flexibility index (Phi) is 4.40. The zero-order valence-corrected chi connectivity index (χ0v) is 11.8. The Hall–Kier alpha value is -0.870. The van der Waals surface area contributed by atoms with Crippen molar-refractivity contribution in [2.45, 2.75) is 57.0 Å². The quantitative estimate of drug-likeness (QED) is 0.860. The first-order valence-electron chi connectivity index (χ1n) is 6.67. The summed E-state index contributed by atoms with van der Waals surface area (Å²) in [6.45, 7) is 2.05. The summed E-state index contributed by atoms with van der Waals surface area (Å²) in [4.78, 5) is 12.0. The molecule has 1 aliphatic carbocycles. The van der Waals surface area contributed by atoms with Crippen molar-refractivity contribution < 1.29 is 4.79 Å². The molecule has 1 saturated carbocycles. The van der Waals surface area contributed by atoms with Gasteiger partial charge < -0.3 is 11.1 Å². The van der Waals surface area contributed by atoms with Gasteiger partial charge in [-0.25, -0.2) is 0 Å². The summed E-state index contributed by atoms with van der Waals surface area (Å²) in [6.07, 6.45) is 5.66. The molecule has 2 rings (SSSR count). The Morgan fingerprint density at radius 2 is 2.28 bits per heavy atom. The van der Waals surface area contributed by atoms with Gasteiger partial charge in [-0.15, -0.1) is 0 Å². The fraction of sp³-hybridized carbons (Fsp3) is 0.643. The Morgan fingerprint density at radius 1 is 1.56 bits per heavy atom. The average Bonchev–Trinajstić information content (AvgIpc) is 2.89. The van der Waals surface area contributed by atoms with Gasteiger partial charge in [0.15, 0.2) is 0 Å². The molecule has 1 fully saturated rings. The van der Waals surface area contributed by atoms with Crippen LogP contribution in [0.1, 0.15) is 44.6 Å². The third-order valence-electron chi connectivity index (χ3n) is 3.64. The van der Waals surface area contributed by atoms with Gasteiger partial charge in [-0.3, -0.25) is 4.79 Å². The predicted octanol–water partition coefficient (Wildman–Crippen LogP) is 2.46. The Bertz CT molecular complexity index is 383. The van der Waals surface area contributed by atoms with E-state index in [1.807, 2.05) is 6.92 Å². The monoisotopic (exact) mass is 266 g/mol. The molecule has 1 unspecified atom stereocenters. The molecule has 1 aromatic rings. The van der Waals surface area contributed by atoms with Gasteiger partial charge in [0, 0.05) is 18.0 Å². The Labute approximate surface area is 113 Å². The van der Waals surface area contributed by atoms with Crippen LogP contribution in [0.2, 0.25) is 0 Å². The molecule has 3 nitrogen and oxygen atoms in total. The predicted molar refractivity (Wildman–Crippen MR) is 75.6 cm³/mol. The zero-order chi connectivity index (χ0) is 13.0. The van der Waals surface area contributed by atoms with Crippen molar-refractivity contribution in [1.29, 1.82) is 0 Å². The van der Waals surface area contributed by atoms with Gasteiger partial charge in [0.05, 0.1) is 0 Å². The topological polar surface area (TPSA) is 55.1 Å². The standard InChI is InChI=1S/C14H22N2OS/c1-11(8-12-4-7-18-10-12)16-13(17)9-14(15)5-2-3-6-14/h4,7,10-11H,2-3,5-6,8-9,15H2,1H3,(H,16,17). The van der Waals surface area contributed by atoms with Crippen LogP contribution in [0.3, 0.4) is 0 Å². The highest BCUT2D eigenvalue weighted by atomic mass is 32.1. The highest BCUT2D eigenvalue weighted by Gasteiger charge is 2.31. The summed E-state index contributed by atoms with van der Waals surface area (Å²) >= 11 is 1.69. The molecule has 0 radical (unpaired) electrons. The minimum absolute atomic E-state index is 0.0992. The van der Waals surface area contributed by atoms with Crippen LogP contribution in [0.5, 0.6) is 0 Å². The number of nitrogens with two attached hydrogens (primary N) is 1. The third-order valence-corrected chi connectivity index (χ3v) is 4.37. The van der Waals surface area contributed by atoms with Crippen LogP contribution in [-0.2, 0) is 11.2 Å². The molecule has 100 valence electrons. The second-order valence-corrected chi connectivity index (χ2v) is 6.33. The summed E-state index contributed by atoms with van der Waals surface area (Å²) in [5, 5.41) is 7.25. The van der Waals surface area contributed by atoms with Gasteiger partial charge in [-0.1, -0.05) is 12.8 Å². The smallest absolute Gasteiger partial charge is 0.222 e. The second-order valence-electron chi connectivity index (χ2n) is 5.55. The molecule has 0 aliphatic heterocycles. The van der Waals surface area contributed by atoms with Gasteiger partial charge in [-0.2, -0.15) is 11.3 Å². The zero-order valence-electron chi connectivity index (χ0n) is 10.9. The van der Waals surface area contributed by atoms with E-state index in [1.165, 1.54) is 5.56 Å². The highest BCUT2D eigenvalue weighted by molar-refractivity contribution is 7.07. The first-order chi connectivity index (χ1) is 8.57. The maximum absolute atomic E-state index is 12.0. The molecule has 3 N–H and O–H groups in total. The molecule has 0 aromatic carbocycles. The van der Waals surface area contributed by atoms with Crippen LogP contribution in [0.25, 0.3) is 0 Å². The van der Waals surface area contributed by atoms with E-state index in [1.54, 1.807) is 11.3 Å². The summed E-state index contributed by atoms with van der Waals surface area (Å²) in [6, 6.07) is 2.28. The first kappa shape index (κ1) is 13.6. The van der Waals surface area contributed by atoms with Gasteiger partial charge >= 0.3 is 0 Å².